The van der Waals surface area contributed by atoms with E-state index in [2.05, 4.69) is 53.2 Å². The fourth-order valence-electron chi connectivity index (χ4n) is 2.00. The number of hydrogen-bond acceptors (Lipinski definition) is 2. The SMILES string of the molecule is NNC(Cc1cc(F)cc(Br)c1)c1cc(Br)ccc1Br. The number of nitrogens with two attached hydrogens (primary N) is 1. The maximum absolute atomic E-state index is 13.4. The van der Waals surface area contributed by atoms with Crippen LogP contribution in [0.3, 0.4) is 0 Å². The van der Waals surface area contributed by atoms with E-state index in [0.717, 1.165) is 24.5 Å². The molecule has 2 aromatic carbocycles. The molecule has 2 nitrogen and oxygen atoms in total. The van der Waals surface area contributed by atoms with Gasteiger partial charge in [-0.25, -0.2) is 4.39 Å². The lowest BCUT2D eigenvalue weighted by molar-refractivity contribution is 0.546. The van der Waals surface area contributed by atoms with E-state index < -0.39 is 0 Å². The van der Waals surface area contributed by atoms with Crippen LogP contribution < -0.4 is 11.3 Å². The average Bonchev–Trinajstić information content (AvgIpc) is 2.38. The van der Waals surface area contributed by atoms with Gasteiger partial charge in [-0.3, -0.25) is 11.3 Å². The normalized spacial score (nSPS) is 12.4. The highest BCUT2D eigenvalue weighted by Gasteiger charge is 2.15. The summed E-state index contributed by atoms with van der Waals surface area (Å²) in [4.78, 5) is 0. The summed E-state index contributed by atoms with van der Waals surface area (Å²) in [6, 6.07) is 10.6. The molecule has 0 saturated carbocycles. The standard InChI is InChI=1S/C14H12Br3FN2/c15-9-1-2-13(17)12(7-9)14(20-19)5-8-3-10(16)6-11(18)4-8/h1-4,6-7,14,20H,5,19H2. The molecule has 0 amide bonds. The largest absolute Gasteiger partial charge is 0.271 e. The van der Waals surface area contributed by atoms with E-state index in [1.807, 2.05) is 24.3 Å². The molecule has 0 aromatic heterocycles. The Kier molecular flexibility index (Phi) is 5.74. The van der Waals surface area contributed by atoms with Gasteiger partial charge >= 0.3 is 0 Å². The van der Waals surface area contributed by atoms with E-state index in [9.17, 15) is 4.39 Å². The van der Waals surface area contributed by atoms with Crippen LogP contribution in [0.25, 0.3) is 0 Å². The number of hydrogen-bond donors (Lipinski definition) is 2. The molecule has 0 aliphatic rings. The second-order valence-corrected chi connectivity index (χ2v) is 7.05. The maximum atomic E-state index is 13.4. The first-order valence-corrected chi connectivity index (χ1v) is 8.23. The van der Waals surface area contributed by atoms with Gasteiger partial charge in [0.25, 0.3) is 0 Å². The Morgan fingerprint density at radius 2 is 1.80 bits per heavy atom. The predicted molar refractivity (Wildman–Crippen MR) is 89.7 cm³/mol. The van der Waals surface area contributed by atoms with Crippen LogP contribution >= 0.6 is 47.8 Å². The molecule has 0 fully saturated rings. The summed E-state index contributed by atoms with van der Waals surface area (Å²) in [5.74, 6) is 5.39. The zero-order valence-electron chi connectivity index (χ0n) is 10.3. The van der Waals surface area contributed by atoms with Gasteiger partial charge in [0.15, 0.2) is 0 Å². The number of rotatable bonds is 4. The summed E-state index contributed by atoms with van der Waals surface area (Å²) in [7, 11) is 0. The van der Waals surface area contributed by atoms with E-state index in [1.54, 1.807) is 0 Å². The molecule has 0 aliphatic heterocycles. The Labute approximate surface area is 142 Å². The van der Waals surface area contributed by atoms with E-state index in [-0.39, 0.29) is 11.9 Å². The highest BCUT2D eigenvalue weighted by Crippen LogP contribution is 2.29. The van der Waals surface area contributed by atoms with Gasteiger partial charge in [0.2, 0.25) is 0 Å². The third-order valence-electron chi connectivity index (χ3n) is 2.90. The van der Waals surface area contributed by atoms with Crippen LogP contribution in [0, 0.1) is 5.82 Å². The van der Waals surface area contributed by atoms with Gasteiger partial charge in [0.1, 0.15) is 5.82 Å². The van der Waals surface area contributed by atoms with Crippen molar-refractivity contribution in [3.05, 3.63) is 66.8 Å². The molecule has 1 atom stereocenters. The Bertz CT molecular complexity index is 599. The summed E-state index contributed by atoms with van der Waals surface area (Å²) in [5, 5.41) is 0. The van der Waals surface area contributed by atoms with Gasteiger partial charge in [-0.15, -0.1) is 0 Å². The van der Waals surface area contributed by atoms with Crippen LogP contribution in [-0.4, -0.2) is 0 Å². The van der Waals surface area contributed by atoms with Crippen LogP contribution in [0.15, 0.2) is 49.8 Å². The molecule has 1 unspecified atom stereocenters. The van der Waals surface area contributed by atoms with Crippen LogP contribution in [0.5, 0.6) is 0 Å². The van der Waals surface area contributed by atoms with E-state index in [4.69, 9.17) is 5.84 Å². The second-order valence-electron chi connectivity index (χ2n) is 4.37. The minimum absolute atomic E-state index is 0.115. The maximum Gasteiger partial charge on any atom is 0.124 e. The molecule has 0 radical (unpaired) electrons. The Morgan fingerprint density at radius 3 is 2.45 bits per heavy atom. The van der Waals surface area contributed by atoms with Gasteiger partial charge in [-0.1, -0.05) is 47.8 Å². The molecule has 2 rings (SSSR count). The van der Waals surface area contributed by atoms with Crippen molar-refractivity contribution in [2.24, 2.45) is 5.84 Å². The van der Waals surface area contributed by atoms with Gasteiger partial charge in [-0.2, -0.15) is 0 Å². The highest BCUT2D eigenvalue weighted by atomic mass is 79.9. The number of benzene rings is 2. The molecule has 3 N–H and O–H groups in total. The highest BCUT2D eigenvalue weighted by molar-refractivity contribution is 9.11. The molecule has 0 bridgehead atoms. The quantitative estimate of drug-likeness (QED) is 0.499. The van der Waals surface area contributed by atoms with Crippen molar-refractivity contribution >= 4 is 47.8 Å². The van der Waals surface area contributed by atoms with Crippen molar-refractivity contribution in [2.45, 2.75) is 12.5 Å². The molecular formula is C14H12Br3FN2. The molecule has 106 valence electrons. The second kappa shape index (κ2) is 7.13. The number of halogens is 4. The van der Waals surface area contributed by atoms with Gasteiger partial charge in [-0.05, 0) is 53.9 Å². The first-order valence-electron chi connectivity index (χ1n) is 5.85. The number of nitrogens with one attached hydrogen (secondary N) is 1. The van der Waals surface area contributed by atoms with Crippen molar-refractivity contribution in [1.29, 1.82) is 0 Å². The topological polar surface area (TPSA) is 38.0 Å². The Morgan fingerprint density at radius 1 is 1.05 bits per heavy atom. The summed E-state index contributed by atoms with van der Waals surface area (Å²) in [6.07, 6.45) is 0.585. The molecule has 0 spiro atoms. The molecule has 2 aromatic rings. The molecule has 6 heteroatoms. The monoisotopic (exact) mass is 464 g/mol. The van der Waals surface area contributed by atoms with Gasteiger partial charge in [0.05, 0.1) is 6.04 Å². The summed E-state index contributed by atoms with van der Waals surface area (Å²) in [5.41, 5.74) is 4.67. The molecule has 0 saturated heterocycles. The molecular weight excluding hydrogens is 455 g/mol. The fourth-order valence-corrected chi connectivity index (χ4v) is 3.42. The lowest BCUT2D eigenvalue weighted by Gasteiger charge is -2.18. The van der Waals surface area contributed by atoms with Crippen LogP contribution in [0.1, 0.15) is 17.2 Å². The van der Waals surface area contributed by atoms with Crippen LogP contribution in [-0.2, 0) is 6.42 Å². The first kappa shape index (κ1) is 16.1. The van der Waals surface area contributed by atoms with Gasteiger partial charge in [0, 0.05) is 13.4 Å². The van der Waals surface area contributed by atoms with Crippen molar-refractivity contribution in [3.8, 4) is 0 Å². The van der Waals surface area contributed by atoms with E-state index >= 15 is 0 Å². The average molecular weight is 467 g/mol. The molecule has 0 aliphatic carbocycles. The van der Waals surface area contributed by atoms with Crippen molar-refractivity contribution in [3.63, 3.8) is 0 Å². The number of hydrazine groups is 1. The fraction of sp³-hybridized carbons (Fsp3) is 0.143. The van der Waals surface area contributed by atoms with Crippen molar-refractivity contribution in [2.75, 3.05) is 0 Å². The lowest BCUT2D eigenvalue weighted by Crippen LogP contribution is -2.29. The van der Waals surface area contributed by atoms with Gasteiger partial charge < -0.3 is 0 Å². The van der Waals surface area contributed by atoms with Crippen LogP contribution in [0.2, 0.25) is 0 Å². The van der Waals surface area contributed by atoms with E-state index in [0.29, 0.717) is 6.42 Å². The predicted octanol–water partition coefficient (Wildman–Crippen LogP) is 4.86. The minimum atomic E-state index is -0.265. The zero-order valence-corrected chi connectivity index (χ0v) is 15.1. The van der Waals surface area contributed by atoms with Crippen molar-refractivity contribution in [1.82, 2.24) is 5.43 Å². The first-order chi connectivity index (χ1) is 9.49. The van der Waals surface area contributed by atoms with Crippen molar-refractivity contribution < 1.29 is 4.39 Å². The summed E-state index contributed by atoms with van der Waals surface area (Å²) >= 11 is 10.3. The Hall–Kier alpha value is -0.270. The lowest BCUT2D eigenvalue weighted by atomic mass is 9.99. The Balaban J connectivity index is 2.31. The molecule has 20 heavy (non-hydrogen) atoms. The summed E-state index contributed by atoms with van der Waals surface area (Å²) in [6.45, 7) is 0. The third kappa shape index (κ3) is 4.11. The van der Waals surface area contributed by atoms with E-state index in [1.165, 1.54) is 12.1 Å². The smallest absolute Gasteiger partial charge is 0.124 e. The molecule has 0 heterocycles. The third-order valence-corrected chi connectivity index (χ3v) is 4.57. The summed E-state index contributed by atoms with van der Waals surface area (Å²) < 4.78 is 16.1. The van der Waals surface area contributed by atoms with Crippen LogP contribution in [0.4, 0.5) is 4.39 Å². The minimum Gasteiger partial charge on any atom is -0.271 e. The zero-order chi connectivity index (χ0) is 14.7.